The maximum atomic E-state index is 4.42. The number of fused-ring (bicyclic) bond motifs is 1. The van der Waals surface area contributed by atoms with E-state index in [1.54, 1.807) is 0 Å². The van der Waals surface area contributed by atoms with E-state index in [4.69, 9.17) is 0 Å². The Morgan fingerprint density at radius 3 is 3.00 bits per heavy atom. The average molecular weight is 171 g/mol. The van der Waals surface area contributed by atoms with Crippen LogP contribution in [-0.2, 0) is 6.42 Å². The third-order valence-corrected chi connectivity index (χ3v) is 2.34. The standard InChI is InChI=1S/C12H13N/c1-2-12-11-8-4-3-6-10(11)7-5-9-13-12/h3-6,8-9H,2,7H2,1H3. The molecule has 1 aromatic carbocycles. The number of nitrogens with zero attached hydrogens (tertiary/aromatic N) is 1. The zero-order valence-electron chi connectivity index (χ0n) is 7.83. The predicted molar refractivity (Wildman–Crippen MR) is 56.1 cm³/mol. The molecule has 2 rings (SSSR count). The highest BCUT2D eigenvalue weighted by molar-refractivity contribution is 6.02. The smallest absolute Gasteiger partial charge is 0.0475 e. The van der Waals surface area contributed by atoms with Crippen molar-refractivity contribution in [3.05, 3.63) is 47.7 Å². The first-order chi connectivity index (χ1) is 6.42. The molecule has 0 saturated carbocycles. The summed E-state index contributed by atoms with van der Waals surface area (Å²) < 4.78 is 0. The molecule has 1 aliphatic rings. The average Bonchev–Trinajstić information content (AvgIpc) is 2.39. The van der Waals surface area contributed by atoms with Crippen molar-refractivity contribution in [2.45, 2.75) is 19.8 Å². The molecule has 66 valence electrons. The van der Waals surface area contributed by atoms with Crippen LogP contribution in [0.25, 0.3) is 0 Å². The lowest BCUT2D eigenvalue weighted by Crippen LogP contribution is -2.01. The van der Waals surface area contributed by atoms with Crippen molar-refractivity contribution in [3.63, 3.8) is 0 Å². The summed E-state index contributed by atoms with van der Waals surface area (Å²) in [6, 6.07) is 8.50. The number of allylic oxidation sites excluding steroid dienone is 1. The molecule has 1 heteroatoms. The molecule has 0 spiro atoms. The summed E-state index contributed by atoms with van der Waals surface area (Å²) in [6.07, 6.45) is 6.03. The lowest BCUT2D eigenvalue weighted by molar-refractivity contribution is 1.24. The normalized spacial score (nSPS) is 14.7. The Morgan fingerprint density at radius 2 is 2.15 bits per heavy atom. The van der Waals surface area contributed by atoms with Crippen LogP contribution in [0.15, 0.2) is 41.5 Å². The molecule has 0 aromatic heterocycles. The van der Waals surface area contributed by atoms with Gasteiger partial charge in [0.05, 0.1) is 0 Å². The minimum absolute atomic E-state index is 1.00. The first-order valence-electron chi connectivity index (χ1n) is 4.71. The third kappa shape index (κ3) is 1.55. The minimum atomic E-state index is 1.00. The quantitative estimate of drug-likeness (QED) is 0.616. The predicted octanol–water partition coefficient (Wildman–Crippen LogP) is 2.96. The summed E-state index contributed by atoms with van der Waals surface area (Å²) in [5.74, 6) is 0. The third-order valence-electron chi connectivity index (χ3n) is 2.34. The van der Waals surface area contributed by atoms with Crippen LogP contribution in [0.5, 0.6) is 0 Å². The number of hydrogen-bond acceptors (Lipinski definition) is 1. The van der Waals surface area contributed by atoms with Crippen LogP contribution < -0.4 is 0 Å². The molecule has 0 amide bonds. The summed E-state index contributed by atoms with van der Waals surface area (Å²) >= 11 is 0. The molecular weight excluding hydrogens is 158 g/mol. The van der Waals surface area contributed by atoms with Gasteiger partial charge < -0.3 is 0 Å². The maximum absolute atomic E-state index is 4.42. The van der Waals surface area contributed by atoms with Crippen LogP contribution in [0, 0.1) is 0 Å². The molecule has 1 heterocycles. The molecule has 0 fully saturated rings. The molecule has 0 saturated heterocycles. The maximum Gasteiger partial charge on any atom is 0.0475 e. The SMILES string of the molecule is CCC1=NC=CCc2ccccc21. The fourth-order valence-electron chi connectivity index (χ4n) is 1.65. The van der Waals surface area contributed by atoms with E-state index in [1.807, 2.05) is 6.20 Å². The second-order valence-electron chi connectivity index (χ2n) is 3.18. The van der Waals surface area contributed by atoms with E-state index in [9.17, 15) is 0 Å². The summed E-state index contributed by atoms with van der Waals surface area (Å²) in [7, 11) is 0. The number of aliphatic imine (C=N–C) groups is 1. The van der Waals surface area contributed by atoms with E-state index in [0.717, 1.165) is 12.8 Å². The van der Waals surface area contributed by atoms with Gasteiger partial charge in [0.15, 0.2) is 0 Å². The van der Waals surface area contributed by atoms with Gasteiger partial charge in [-0.25, -0.2) is 0 Å². The van der Waals surface area contributed by atoms with Crippen LogP contribution in [0.2, 0.25) is 0 Å². The first kappa shape index (κ1) is 8.24. The fraction of sp³-hybridized carbons (Fsp3) is 0.250. The van der Waals surface area contributed by atoms with E-state index in [-0.39, 0.29) is 0 Å². The zero-order chi connectivity index (χ0) is 9.10. The molecule has 0 radical (unpaired) electrons. The Balaban J connectivity index is 2.53. The van der Waals surface area contributed by atoms with Crippen molar-refractivity contribution < 1.29 is 0 Å². The Hall–Kier alpha value is -1.37. The van der Waals surface area contributed by atoms with Crippen molar-refractivity contribution in [1.29, 1.82) is 0 Å². The summed E-state index contributed by atoms with van der Waals surface area (Å²) in [6.45, 7) is 2.15. The monoisotopic (exact) mass is 171 g/mol. The molecule has 1 aromatic rings. The fourth-order valence-corrected chi connectivity index (χ4v) is 1.65. The summed E-state index contributed by atoms with van der Waals surface area (Å²) in [5, 5.41) is 0. The summed E-state index contributed by atoms with van der Waals surface area (Å²) in [5.41, 5.74) is 3.90. The van der Waals surface area contributed by atoms with Gasteiger partial charge in [-0.05, 0) is 24.0 Å². The van der Waals surface area contributed by atoms with Gasteiger partial charge in [0.1, 0.15) is 0 Å². The molecular formula is C12H13N. The highest BCUT2D eigenvalue weighted by Gasteiger charge is 2.07. The van der Waals surface area contributed by atoms with Crippen LogP contribution in [0.1, 0.15) is 24.5 Å². The van der Waals surface area contributed by atoms with Gasteiger partial charge in [-0.15, -0.1) is 0 Å². The van der Waals surface area contributed by atoms with E-state index in [2.05, 4.69) is 42.3 Å². The lowest BCUT2D eigenvalue weighted by Gasteiger charge is -2.06. The van der Waals surface area contributed by atoms with Gasteiger partial charge in [-0.2, -0.15) is 0 Å². The highest BCUT2D eigenvalue weighted by Crippen LogP contribution is 2.15. The number of hydrogen-bond donors (Lipinski definition) is 0. The lowest BCUT2D eigenvalue weighted by atomic mass is 10.00. The van der Waals surface area contributed by atoms with E-state index < -0.39 is 0 Å². The van der Waals surface area contributed by atoms with Crippen LogP contribution in [0.3, 0.4) is 0 Å². The first-order valence-corrected chi connectivity index (χ1v) is 4.71. The van der Waals surface area contributed by atoms with Gasteiger partial charge in [0, 0.05) is 11.9 Å². The molecule has 13 heavy (non-hydrogen) atoms. The van der Waals surface area contributed by atoms with Gasteiger partial charge in [0.2, 0.25) is 0 Å². The van der Waals surface area contributed by atoms with Gasteiger partial charge in [-0.3, -0.25) is 4.99 Å². The zero-order valence-corrected chi connectivity index (χ0v) is 7.83. The highest BCUT2D eigenvalue weighted by atomic mass is 14.7. The van der Waals surface area contributed by atoms with Gasteiger partial charge in [0.25, 0.3) is 0 Å². The molecule has 0 atom stereocenters. The van der Waals surface area contributed by atoms with Crippen LogP contribution in [-0.4, -0.2) is 5.71 Å². The summed E-state index contributed by atoms with van der Waals surface area (Å²) in [4.78, 5) is 4.42. The van der Waals surface area contributed by atoms with Crippen molar-refractivity contribution in [3.8, 4) is 0 Å². The Kier molecular flexibility index (Phi) is 2.26. The molecule has 1 nitrogen and oxygen atoms in total. The second-order valence-corrected chi connectivity index (χ2v) is 3.18. The largest absolute Gasteiger partial charge is 0.261 e. The Bertz CT molecular complexity index is 361. The Labute approximate surface area is 78.8 Å². The molecule has 0 bridgehead atoms. The molecule has 0 aliphatic carbocycles. The van der Waals surface area contributed by atoms with Gasteiger partial charge in [-0.1, -0.05) is 37.3 Å². The van der Waals surface area contributed by atoms with E-state index in [1.165, 1.54) is 16.8 Å². The van der Waals surface area contributed by atoms with Gasteiger partial charge >= 0.3 is 0 Å². The van der Waals surface area contributed by atoms with Crippen LogP contribution in [0.4, 0.5) is 0 Å². The molecule has 0 unspecified atom stereocenters. The van der Waals surface area contributed by atoms with Crippen LogP contribution >= 0.6 is 0 Å². The minimum Gasteiger partial charge on any atom is -0.261 e. The van der Waals surface area contributed by atoms with E-state index >= 15 is 0 Å². The number of rotatable bonds is 1. The van der Waals surface area contributed by atoms with Crippen molar-refractivity contribution in [2.75, 3.05) is 0 Å². The second kappa shape index (κ2) is 3.56. The topological polar surface area (TPSA) is 12.4 Å². The van der Waals surface area contributed by atoms with Crippen molar-refractivity contribution in [1.82, 2.24) is 0 Å². The molecule has 0 N–H and O–H groups in total. The number of benzene rings is 1. The Morgan fingerprint density at radius 1 is 1.31 bits per heavy atom. The van der Waals surface area contributed by atoms with Crippen molar-refractivity contribution >= 4 is 5.71 Å². The van der Waals surface area contributed by atoms with Crippen molar-refractivity contribution in [2.24, 2.45) is 4.99 Å². The molecule has 1 aliphatic heterocycles. The van der Waals surface area contributed by atoms with E-state index in [0.29, 0.717) is 0 Å².